The van der Waals surface area contributed by atoms with Gasteiger partial charge in [-0.2, -0.15) is 0 Å². The van der Waals surface area contributed by atoms with Gasteiger partial charge in [0.1, 0.15) is 0 Å². The Hall–Kier alpha value is -0.500. The van der Waals surface area contributed by atoms with Crippen LogP contribution in [0.1, 0.15) is 27.2 Å². The molecule has 3 N–H and O–H groups in total. The van der Waals surface area contributed by atoms with E-state index in [-0.39, 0.29) is 29.5 Å². The molecule has 0 spiro atoms. The van der Waals surface area contributed by atoms with E-state index in [9.17, 15) is 0 Å². The highest BCUT2D eigenvalue weighted by atomic mass is 127. The molecular weight excluding hydrogens is 455 g/mol. The van der Waals surface area contributed by atoms with Crippen molar-refractivity contribution in [2.24, 2.45) is 16.6 Å². The molecule has 124 valence electrons. The average Bonchev–Trinajstić information content (AvgIpc) is 2.83. The lowest BCUT2D eigenvalue weighted by Crippen LogP contribution is -2.45. The number of hydrogen-bond acceptors (Lipinski definition) is 2. The van der Waals surface area contributed by atoms with Crippen LogP contribution in [-0.2, 0) is 0 Å². The van der Waals surface area contributed by atoms with Crippen molar-refractivity contribution in [2.75, 3.05) is 24.5 Å². The predicted octanol–water partition coefficient (Wildman–Crippen LogP) is 3.60. The fraction of sp³-hybridized carbons (Fsp3) is 0.562. The van der Waals surface area contributed by atoms with Gasteiger partial charge in [0.05, 0.1) is 0 Å². The Kier molecular flexibility index (Phi) is 7.45. The standard InChI is InChI=1S/C16H25BrN4.HI/c1-16(2,3)20-15(18)19-10-12-7-8-21(11-12)14-6-4-5-13(17)9-14;/h4-6,9,12H,7-8,10-11H2,1-3H3,(H3,18,19,20);1H. The average molecular weight is 481 g/mol. The van der Waals surface area contributed by atoms with E-state index in [1.54, 1.807) is 0 Å². The maximum atomic E-state index is 5.92. The van der Waals surface area contributed by atoms with E-state index < -0.39 is 0 Å². The quantitative estimate of drug-likeness (QED) is 0.395. The molecule has 2 rings (SSSR count). The van der Waals surface area contributed by atoms with Gasteiger partial charge in [0, 0.05) is 35.3 Å². The smallest absolute Gasteiger partial charge is 0.188 e. The van der Waals surface area contributed by atoms with Crippen molar-refractivity contribution < 1.29 is 0 Å². The lowest BCUT2D eigenvalue weighted by molar-refractivity contribution is 0.505. The third-order valence-electron chi connectivity index (χ3n) is 3.48. The van der Waals surface area contributed by atoms with Crippen LogP contribution in [0.3, 0.4) is 0 Å². The molecule has 1 aliphatic heterocycles. The van der Waals surface area contributed by atoms with Gasteiger partial charge in [0.2, 0.25) is 0 Å². The Balaban J connectivity index is 0.00000242. The normalized spacial score (nSPS) is 19.0. The number of halogens is 2. The van der Waals surface area contributed by atoms with Crippen molar-refractivity contribution in [3.63, 3.8) is 0 Å². The van der Waals surface area contributed by atoms with Crippen LogP contribution in [0.2, 0.25) is 0 Å². The van der Waals surface area contributed by atoms with E-state index in [0.29, 0.717) is 11.9 Å². The van der Waals surface area contributed by atoms with Crippen molar-refractivity contribution in [2.45, 2.75) is 32.7 Å². The Morgan fingerprint density at radius 3 is 2.82 bits per heavy atom. The van der Waals surface area contributed by atoms with Crippen molar-refractivity contribution >= 4 is 51.6 Å². The molecule has 4 nitrogen and oxygen atoms in total. The van der Waals surface area contributed by atoms with E-state index in [0.717, 1.165) is 24.1 Å². The number of rotatable bonds is 3. The Bertz CT molecular complexity index is 513. The second-order valence-electron chi connectivity index (χ2n) is 6.68. The zero-order valence-electron chi connectivity index (χ0n) is 13.5. The number of guanidine groups is 1. The minimum absolute atomic E-state index is 0. The van der Waals surface area contributed by atoms with Gasteiger partial charge in [0.25, 0.3) is 0 Å². The monoisotopic (exact) mass is 480 g/mol. The van der Waals surface area contributed by atoms with E-state index in [1.807, 2.05) is 0 Å². The number of benzene rings is 1. The lowest BCUT2D eigenvalue weighted by atomic mass is 10.1. The molecule has 1 aromatic carbocycles. The number of hydrogen-bond donors (Lipinski definition) is 2. The minimum atomic E-state index is -0.0361. The Labute approximate surface area is 159 Å². The predicted molar refractivity (Wildman–Crippen MR) is 109 cm³/mol. The molecule has 1 aromatic rings. The molecule has 1 aliphatic rings. The summed E-state index contributed by atoms with van der Waals surface area (Å²) in [6.07, 6.45) is 1.17. The summed E-state index contributed by atoms with van der Waals surface area (Å²) in [4.78, 5) is 6.90. The maximum Gasteiger partial charge on any atom is 0.188 e. The Morgan fingerprint density at radius 2 is 2.18 bits per heavy atom. The third-order valence-corrected chi connectivity index (χ3v) is 3.98. The number of anilines is 1. The van der Waals surface area contributed by atoms with Gasteiger partial charge in [0.15, 0.2) is 5.96 Å². The van der Waals surface area contributed by atoms with Crippen LogP contribution in [0, 0.1) is 5.92 Å². The van der Waals surface area contributed by atoms with E-state index in [1.165, 1.54) is 12.1 Å². The van der Waals surface area contributed by atoms with Crippen molar-refractivity contribution in [3.05, 3.63) is 28.7 Å². The Morgan fingerprint density at radius 1 is 1.45 bits per heavy atom. The van der Waals surface area contributed by atoms with Crippen molar-refractivity contribution in [3.8, 4) is 0 Å². The fourth-order valence-electron chi connectivity index (χ4n) is 2.54. The highest BCUT2D eigenvalue weighted by molar-refractivity contribution is 14.0. The van der Waals surface area contributed by atoms with Gasteiger partial charge in [-0.1, -0.05) is 22.0 Å². The van der Waals surface area contributed by atoms with Crippen molar-refractivity contribution in [1.29, 1.82) is 0 Å². The SMILES string of the molecule is CC(C)(C)NC(N)=NCC1CCN(c2cccc(Br)c2)C1.I. The molecular formula is C16H26BrIN4. The van der Waals surface area contributed by atoms with Crippen molar-refractivity contribution in [1.82, 2.24) is 5.32 Å². The van der Waals surface area contributed by atoms with E-state index >= 15 is 0 Å². The first-order valence-corrected chi connectivity index (χ1v) is 8.21. The summed E-state index contributed by atoms with van der Waals surface area (Å²) in [5.41, 5.74) is 7.16. The molecule has 6 heteroatoms. The third kappa shape index (κ3) is 6.32. The molecule has 1 atom stereocenters. The van der Waals surface area contributed by atoms with Gasteiger partial charge in [-0.05, 0) is 51.3 Å². The first kappa shape index (κ1) is 19.5. The van der Waals surface area contributed by atoms with E-state index in [2.05, 4.69) is 76.2 Å². The van der Waals surface area contributed by atoms with Gasteiger partial charge in [-0.25, -0.2) is 0 Å². The molecule has 0 aliphatic carbocycles. The van der Waals surface area contributed by atoms with Gasteiger partial charge in [-0.3, -0.25) is 4.99 Å². The topological polar surface area (TPSA) is 53.6 Å². The number of nitrogens with one attached hydrogen (secondary N) is 1. The van der Waals surface area contributed by atoms with Crippen LogP contribution in [0.15, 0.2) is 33.7 Å². The first-order chi connectivity index (χ1) is 9.83. The van der Waals surface area contributed by atoms with Gasteiger partial charge in [-0.15, -0.1) is 24.0 Å². The number of nitrogens with two attached hydrogens (primary N) is 1. The lowest BCUT2D eigenvalue weighted by Gasteiger charge is -2.21. The molecule has 22 heavy (non-hydrogen) atoms. The number of nitrogens with zero attached hydrogens (tertiary/aromatic N) is 2. The summed E-state index contributed by atoms with van der Waals surface area (Å²) in [6, 6.07) is 8.46. The molecule has 1 saturated heterocycles. The molecule has 0 radical (unpaired) electrons. The summed E-state index contributed by atoms with van der Waals surface area (Å²) >= 11 is 3.53. The largest absolute Gasteiger partial charge is 0.371 e. The molecule has 0 saturated carbocycles. The fourth-order valence-corrected chi connectivity index (χ4v) is 2.93. The van der Waals surface area contributed by atoms with Crippen LogP contribution < -0.4 is 16.0 Å². The molecule has 1 unspecified atom stereocenters. The summed E-state index contributed by atoms with van der Waals surface area (Å²) in [5.74, 6) is 1.12. The van der Waals surface area contributed by atoms with Gasteiger partial charge < -0.3 is 16.0 Å². The minimum Gasteiger partial charge on any atom is -0.371 e. The molecule has 1 heterocycles. The first-order valence-electron chi connectivity index (χ1n) is 7.42. The summed E-state index contributed by atoms with van der Waals surface area (Å²) in [7, 11) is 0. The second kappa shape index (κ2) is 8.38. The van der Waals surface area contributed by atoms with E-state index in [4.69, 9.17) is 5.73 Å². The van der Waals surface area contributed by atoms with Crippen LogP contribution in [0.5, 0.6) is 0 Å². The van der Waals surface area contributed by atoms with Crippen LogP contribution >= 0.6 is 39.9 Å². The molecule has 0 aromatic heterocycles. The molecule has 0 bridgehead atoms. The summed E-state index contributed by atoms with van der Waals surface area (Å²) in [5, 5.41) is 3.20. The highest BCUT2D eigenvalue weighted by Crippen LogP contribution is 2.26. The summed E-state index contributed by atoms with van der Waals surface area (Å²) < 4.78 is 1.13. The number of aliphatic imine (C=N–C) groups is 1. The van der Waals surface area contributed by atoms with Gasteiger partial charge >= 0.3 is 0 Å². The molecule has 0 amide bonds. The van der Waals surface area contributed by atoms with Crippen LogP contribution in [0.25, 0.3) is 0 Å². The molecule has 1 fully saturated rings. The van der Waals surface area contributed by atoms with Crippen LogP contribution in [0.4, 0.5) is 5.69 Å². The highest BCUT2D eigenvalue weighted by Gasteiger charge is 2.22. The summed E-state index contributed by atoms with van der Waals surface area (Å²) in [6.45, 7) is 9.17. The zero-order valence-corrected chi connectivity index (χ0v) is 17.4. The van der Waals surface area contributed by atoms with Crippen LogP contribution in [-0.4, -0.2) is 31.1 Å². The second-order valence-corrected chi connectivity index (χ2v) is 7.60. The zero-order chi connectivity index (χ0) is 15.5. The maximum absolute atomic E-state index is 5.92.